The summed E-state index contributed by atoms with van der Waals surface area (Å²) in [5.41, 5.74) is 9.25. The largest absolute Gasteiger partial charge is 0.435 e. The van der Waals surface area contributed by atoms with Crippen LogP contribution in [0.5, 0.6) is 11.6 Å². The van der Waals surface area contributed by atoms with Crippen molar-refractivity contribution in [2.24, 2.45) is 0 Å². The number of rotatable bonds is 4. The van der Waals surface area contributed by atoms with Crippen LogP contribution in [0.25, 0.3) is 10.9 Å². The standard InChI is InChI=1S/C20H18N6O/c1-12-6-9-16(22-10-12)26-19-17(21)20(24-11-23-19)27-15-5-3-4-14-8-7-13(2)25-18(14)15/h3-11H,21H2,1-2H3,(H,22,23,24,26). The van der Waals surface area contributed by atoms with Gasteiger partial charge in [-0.1, -0.05) is 24.3 Å². The number of aromatic nitrogens is 4. The van der Waals surface area contributed by atoms with Crippen molar-refractivity contribution in [2.75, 3.05) is 11.1 Å². The Labute approximate surface area is 156 Å². The Kier molecular flexibility index (Phi) is 4.25. The predicted molar refractivity (Wildman–Crippen MR) is 105 cm³/mol. The van der Waals surface area contributed by atoms with Gasteiger partial charge in [0, 0.05) is 17.3 Å². The molecule has 0 aliphatic rings. The molecule has 0 aliphatic heterocycles. The van der Waals surface area contributed by atoms with E-state index in [0.717, 1.165) is 22.2 Å². The number of hydrogen-bond acceptors (Lipinski definition) is 7. The molecule has 0 radical (unpaired) electrons. The lowest BCUT2D eigenvalue weighted by atomic mass is 10.2. The van der Waals surface area contributed by atoms with Gasteiger partial charge in [0.15, 0.2) is 11.6 Å². The highest BCUT2D eigenvalue weighted by molar-refractivity contribution is 5.85. The van der Waals surface area contributed by atoms with Crippen LogP contribution in [0.1, 0.15) is 11.3 Å². The Hall–Kier alpha value is -3.74. The van der Waals surface area contributed by atoms with E-state index in [0.29, 0.717) is 23.1 Å². The number of nitrogens with one attached hydrogen (secondary N) is 1. The van der Waals surface area contributed by atoms with Crippen molar-refractivity contribution in [3.8, 4) is 11.6 Å². The molecule has 0 spiro atoms. The lowest BCUT2D eigenvalue weighted by Gasteiger charge is -2.12. The molecule has 0 aliphatic carbocycles. The number of para-hydroxylation sites is 1. The van der Waals surface area contributed by atoms with Gasteiger partial charge in [-0.15, -0.1) is 0 Å². The van der Waals surface area contributed by atoms with Crippen LogP contribution in [0.2, 0.25) is 0 Å². The first-order chi connectivity index (χ1) is 13.1. The number of fused-ring (bicyclic) bond motifs is 1. The zero-order valence-corrected chi connectivity index (χ0v) is 15.0. The van der Waals surface area contributed by atoms with Crippen LogP contribution in [0.3, 0.4) is 0 Å². The van der Waals surface area contributed by atoms with Gasteiger partial charge in [0.2, 0.25) is 5.88 Å². The number of anilines is 3. The van der Waals surface area contributed by atoms with Crippen molar-refractivity contribution < 1.29 is 4.74 Å². The van der Waals surface area contributed by atoms with E-state index in [-0.39, 0.29) is 5.88 Å². The van der Waals surface area contributed by atoms with Crippen molar-refractivity contribution in [3.63, 3.8) is 0 Å². The van der Waals surface area contributed by atoms with Gasteiger partial charge in [-0.25, -0.2) is 15.0 Å². The molecule has 27 heavy (non-hydrogen) atoms. The first-order valence-corrected chi connectivity index (χ1v) is 8.44. The van der Waals surface area contributed by atoms with E-state index in [1.165, 1.54) is 6.33 Å². The van der Waals surface area contributed by atoms with E-state index < -0.39 is 0 Å². The van der Waals surface area contributed by atoms with E-state index in [1.54, 1.807) is 6.20 Å². The van der Waals surface area contributed by atoms with Crippen LogP contribution in [0.4, 0.5) is 17.3 Å². The van der Waals surface area contributed by atoms with Gasteiger partial charge < -0.3 is 15.8 Å². The minimum absolute atomic E-state index is 0.260. The minimum Gasteiger partial charge on any atom is -0.435 e. The van der Waals surface area contributed by atoms with Crippen LogP contribution in [0.15, 0.2) is 55.0 Å². The monoisotopic (exact) mass is 358 g/mol. The second kappa shape index (κ2) is 6.87. The molecule has 7 nitrogen and oxygen atoms in total. The highest BCUT2D eigenvalue weighted by atomic mass is 16.5. The summed E-state index contributed by atoms with van der Waals surface area (Å²) in [5, 5.41) is 4.07. The summed E-state index contributed by atoms with van der Waals surface area (Å²) in [6.07, 6.45) is 3.16. The topological polar surface area (TPSA) is 98.8 Å². The average molecular weight is 358 g/mol. The Bertz CT molecular complexity index is 1110. The Balaban J connectivity index is 1.67. The molecule has 0 fully saturated rings. The average Bonchev–Trinajstić information content (AvgIpc) is 2.67. The van der Waals surface area contributed by atoms with Gasteiger partial charge in [0.05, 0.1) is 0 Å². The number of nitrogens with two attached hydrogens (primary N) is 1. The lowest BCUT2D eigenvalue weighted by Crippen LogP contribution is -2.04. The fourth-order valence-electron chi connectivity index (χ4n) is 2.63. The smallest absolute Gasteiger partial charge is 0.248 e. The van der Waals surface area contributed by atoms with Crippen molar-refractivity contribution in [2.45, 2.75) is 13.8 Å². The van der Waals surface area contributed by atoms with Gasteiger partial charge in [-0.3, -0.25) is 0 Å². The van der Waals surface area contributed by atoms with Crippen LogP contribution < -0.4 is 15.8 Å². The quantitative estimate of drug-likeness (QED) is 0.565. The van der Waals surface area contributed by atoms with Gasteiger partial charge in [-0.2, -0.15) is 4.98 Å². The van der Waals surface area contributed by atoms with Crippen LogP contribution in [-0.2, 0) is 0 Å². The first-order valence-electron chi connectivity index (χ1n) is 8.44. The van der Waals surface area contributed by atoms with Gasteiger partial charge in [-0.05, 0) is 37.6 Å². The molecule has 4 rings (SSSR count). The van der Waals surface area contributed by atoms with Crippen LogP contribution in [0, 0.1) is 13.8 Å². The third-order valence-electron chi connectivity index (χ3n) is 4.03. The van der Waals surface area contributed by atoms with E-state index >= 15 is 0 Å². The fraction of sp³-hybridized carbons (Fsp3) is 0.100. The van der Waals surface area contributed by atoms with Crippen molar-refractivity contribution in [3.05, 3.63) is 66.2 Å². The molecule has 4 aromatic rings. The summed E-state index contributed by atoms with van der Waals surface area (Å²) < 4.78 is 5.98. The van der Waals surface area contributed by atoms with Gasteiger partial charge >= 0.3 is 0 Å². The highest BCUT2D eigenvalue weighted by Gasteiger charge is 2.13. The second-order valence-electron chi connectivity index (χ2n) is 6.17. The molecule has 134 valence electrons. The number of aryl methyl sites for hydroxylation is 2. The van der Waals surface area contributed by atoms with E-state index in [2.05, 4.69) is 25.3 Å². The number of benzene rings is 1. The molecule has 3 N–H and O–H groups in total. The second-order valence-corrected chi connectivity index (χ2v) is 6.17. The predicted octanol–water partition coefficient (Wildman–Crippen LogP) is 4.15. The fourth-order valence-corrected chi connectivity index (χ4v) is 2.63. The Morgan fingerprint density at radius 2 is 1.85 bits per heavy atom. The summed E-state index contributed by atoms with van der Waals surface area (Å²) >= 11 is 0. The van der Waals surface area contributed by atoms with E-state index in [4.69, 9.17) is 10.5 Å². The van der Waals surface area contributed by atoms with Crippen LogP contribution in [-0.4, -0.2) is 19.9 Å². The van der Waals surface area contributed by atoms with Crippen LogP contribution >= 0.6 is 0 Å². The van der Waals surface area contributed by atoms with Crippen molar-refractivity contribution in [1.29, 1.82) is 0 Å². The maximum absolute atomic E-state index is 6.22. The number of hydrogen-bond donors (Lipinski definition) is 2. The molecular weight excluding hydrogens is 340 g/mol. The van der Waals surface area contributed by atoms with Crippen molar-refractivity contribution >= 4 is 28.2 Å². The molecule has 7 heteroatoms. The third kappa shape index (κ3) is 3.48. The molecule has 3 heterocycles. The summed E-state index contributed by atoms with van der Waals surface area (Å²) in [7, 11) is 0. The normalized spacial score (nSPS) is 10.7. The Morgan fingerprint density at radius 3 is 2.67 bits per heavy atom. The minimum atomic E-state index is 0.260. The summed E-state index contributed by atoms with van der Waals surface area (Å²) in [6, 6.07) is 13.5. The number of pyridine rings is 2. The Morgan fingerprint density at radius 1 is 0.963 bits per heavy atom. The van der Waals surface area contributed by atoms with Gasteiger partial charge in [0.25, 0.3) is 0 Å². The summed E-state index contributed by atoms with van der Waals surface area (Å²) in [6.45, 7) is 3.91. The van der Waals surface area contributed by atoms with E-state index in [9.17, 15) is 0 Å². The maximum atomic E-state index is 6.22. The third-order valence-corrected chi connectivity index (χ3v) is 4.03. The molecule has 0 bridgehead atoms. The zero-order valence-electron chi connectivity index (χ0n) is 15.0. The number of nitrogens with zero attached hydrogens (tertiary/aromatic N) is 4. The summed E-state index contributed by atoms with van der Waals surface area (Å²) in [5.74, 6) is 1.91. The first kappa shape index (κ1) is 16.7. The lowest BCUT2D eigenvalue weighted by molar-refractivity contribution is 0.469. The van der Waals surface area contributed by atoms with Gasteiger partial charge in [0.1, 0.15) is 23.3 Å². The zero-order chi connectivity index (χ0) is 18.8. The molecule has 0 amide bonds. The van der Waals surface area contributed by atoms with E-state index in [1.807, 2.05) is 56.3 Å². The molecule has 0 saturated heterocycles. The number of ether oxygens (including phenoxy) is 1. The maximum Gasteiger partial charge on any atom is 0.248 e. The van der Waals surface area contributed by atoms with Crippen molar-refractivity contribution in [1.82, 2.24) is 19.9 Å². The molecular formula is C20H18N6O. The number of nitrogen functional groups attached to an aromatic ring is 1. The highest BCUT2D eigenvalue weighted by Crippen LogP contribution is 2.33. The molecule has 0 saturated carbocycles. The molecule has 3 aromatic heterocycles. The molecule has 0 atom stereocenters. The summed E-state index contributed by atoms with van der Waals surface area (Å²) in [4.78, 5) is 17.2. The molecule has 1 aromatic carbocycles. The molecule has 0 unspecified atom stereocenters. The SMILES string of the molecule is Cc1ccc(Nc2ncnc(Oc3cccc4ccc(C)nc34)c2N)nc1.